The maximum absolute atomic E-state index is 12.8. The van der Waals surface area contributed by atoms with Crippen LogP contribution in [-0.2, 0) is 0 Å². The third kappa shape index (κ3) is 2.60. The number of likely N-dealkylation sites (tertiary alicyclic amines) is 1. The summed E-state index contributed by atoms with van der Waals surface area (Å²) in [6.07, 6.45) is 2.06. The number of nitrogens with one attached hydrogen (secondary N) is 1. The SMILES string of the molecule is Cc1ncsc1C(=O)N1CCC[C@@H](c2nc3c(C)cccc3[nH]2)C1. The van der Waals surface area contributed by atoms with Gasteiger partial charge in [-0.2, -0.15) is 0 Å². The molecule has 6 heteroatoms. The van der Waals surface area contributed by atoms with Crippen molar-refractivity contribution in [3.63, 3.8) is 0 Å². The minimum Gasteiger partial charge on any atom is -0.342 e. The summed E-state index contributed by atoms with van der Waals surface area (Å²) >= 11 is 1.43. The molecule has 1 amide bonds. The molecule has 124 valence electrons. The molecule has 5 nitrogen and oxygen atoms in total. The molecule has 2 aromatic heterocycles. The Kier molecular flexibility index (Phi) is 3.84. The van der Waals surface area contributed by atoms with Crippen LogP contribution in [0.3, 0.4) is 0 Å². The van der Waals surface area contributed by atoms with Gasteiger partial charge in [0.15, 0.2) is 0 Å². The predicted molar refractivity (Wildman–Crippen MR) is 95.6 cm³/mol. The molecule has 3 heterocycles. The third-order valence-corrected chi connectivity index (χ3v) is 5.68. The monoisotopic (exact) mass is 340 g/mol. The summed E-state index contributed by atoms with van der Waals surface area (Å²) < 4.78 is 0. The van der Waals surface area contributed by atoms with Gasteiger partial charge in [0.1, 0.15) is 10.7 Å². The largest absolute Gasteiger partial charge is 0.342 e. The molecule has 1 N–H and O–H groups in total. The maximum Gasteiger partial charge on any atom is 0.265 e. The summed E-state index contributed by atoms with van der Waals surface area (Å²) in [7, 11) is 0. The summed E-state index contributed by atoms with van der Waals surface area (Å²) in [6, 6.07) is 6.18. The Bertz CT molecular complexity index is 897. The lowest BCUT2D eigenvalue weighted by molar-refractivity contribution is 0.0709. The number of fused-ring (bicyclic) bond motifs is 1. The summed E-state index contributed by atoms with van der Waals surface area (Å²) in [5.74, 6) is 1.37. The van der Waals surface area contributed by atoms with Crippen LogP contribution in [-0.4, -0.2) is 38.8 Å². The highest BCUT2D eigenvalue weighted by Crippen LogP contribution is 2.29. The van der Waals surface area contributed by atoms with Crippen LogP contribution in [0.2, 0.25) is 0 Å². The van der Waals surface area contributed by atoms with Crippen LogP contribution in [0.1, 0.15) is 45.5 Å². The zero-order valence-electron chi connectivity index (χ0n) is 13.9. The number of carbonyl (C=O) groups excluding carboxylic acids is 1. The Morgan fingerprint density at radius 1 is 1.38 bits per heavy atom. The number of hydrogen-bond acceptors (Lipinski definition) is 4. The zero-order chi connectivity index (χ0) is 16.7. The molecule has 1 aromatic carbocycles. The number of hydrogen-bond donors (Lipinski definition) is 1. The van der Waals surface area contributed by atoms with Gasteiger partial charge in [0.2, 0.25) is 0 Å². The molecule has 24 heavy (non-hydrogen) atoms. The van der Waals surface area contributed by atoms with E-state index in [1.165, 1.54) is 16.9 Å². The molecule has 1 atom stereocenters. The number of nitrogens with zero attached hydrogens (tertiary/aromatic N) is 3. The highest BCUT2D eigenvalue weighted by molar-refractivity contribution is 7.11. The van der Waals surface area contributed by atoms with Crippen molar-refractivity contribution in [1.82, 2.24) is 19.9 Å². The highest BCUT2D eigenvalue weighted by Gasteiger charge is 2.28. The van der Waals surface area contributed by atoms with Gasteiger partial charge >= 0.3 is 0 Å². The maximum atomic E-state index is 12.8. The molecule has 0 spiro atoms. The summed E-state index contributed by atoms with van der Waals surface area (Å²) in [6.45, 7) is 5.50. The first-order chi connectivity index (χ1) is 11.6. The van der Waals surface area contributed by atoms with Gasteiger partial charge in [-0.25, -0.2) is 9.97 Å². The van der Waals surface area contributed by atoms with E-state index in [9.17, 15) is 4.79 Å². The van der Waals surface area contributed by atoms with Crippen molar-refractivity contribution in [3.8, 4) is 0 Å². The lowest BCUT2D eigenvalue weighted by atomic mass is 9.97. The van der Waals surface area contributed by atoms with E-state index in [1.54, 1.807) is 5.51 Å². The minimum absolute atomic E-state index is 0.104. The van der Waals surface area contributed by atoms with Crippen molar-refractivity contribution in [2.24, 2.45) is 0 Å². The molecular weight excluding hydrogens is 320 g/mol. The summed E-state index contributed by atoms with van der Waals surface area (Å²) in [5, 5.41) is 0. The van der Waals surface area contributed by atoms with E-state index in [-0.39, 0.29) is 11.8 Å². The van der Waals surface area contributed by atoms with E-state index in [0.717, 1.165) is 53.4 Å². The Morgan fingerprint density at radius 2 is 2.25 bits per heavy atom. The number of benzene rings is 1. The highest BCUT2D eigenvalue weighted by atomic mass is 32.1. The average Bonchev–Trinajstić information content (AvgIpc) is 3.21. The van der Waals surface area contributed by atoms with Crippen molar-refractivity contribution >= 4 is 28.3 Å². The lowest BCUT2D eigenvalue weighted by Gasteiger charge is -2.31. The standard InChI is InChI=1S/C18H20N4OS/c1-11-5-3-7-14-15(11)21-17(20-14)13-6-4-8-22(9-13)18(23)16-12(2)19-10-24-16/h3,5,7,10,13H,4,6,8-9H2,1-2H3,(H,20,21)/t13-/m1/s1. The van der Waals surface area contributed by atoms with Gasteiger partial charge in [-0.3, -0.25) is 4.79 Å². The number of amides is 1. The number of rotatable bonds is 2. The molecule has 1 saturated heterocycles. The number of aryl methyl sites for hydroxylation is 2. The molecule has 1 aliphatic rings. The van der Waals surface area contributed by atoms with E-state index < -0.39 is 0 Å². The minimum atomic E-state index is 0.104. The normalized spacial score (nSPS) is 18.2. The molecule has 1 aliphatic heterocycles. The number of carbonyl (C=O) groups is 1. The number of aromatic amines is 1. The quantitative estimate of drug-likeness (QED) is 0.774. The number of para-hydroxylation sites is 1. The molecule has 0 bridgehead atoms. The number of H-pyrrole nitrogens is 1. The Labute approximate surface area is 144 Å². The van der Waals surface area contributed by atoms with Gasteiger partial charge in [-0.1, -0.05) is 12.1 Å². The van der Waals surface area contributed by atoms with Crippen molar-refractivity contribution in [2.45, 2.75) is 32.6 Å². The fraction of sp³-hybridized carbons (Fsp3) is 0.389. The number of aromatic nitrogens is 3. The van der Waals surface area contributed by atoms with Gasteiger partial charge < -0.3 is 9.88 Å². The molecule has 0 saturated carbocycles. The van der Waals surface area contributed by atoms with E-state index >= 15 is 0 Å². The first-order valence-corrected chi connectivity index (χ1v) is 9.16. The van der Waals surface area contributed by atoms with Crippen LogP contribution in [0.5, 0.6) is 0 Å². The number of piperidine rings is 1. The number of imidazole rings is 1. The summed E-state index contributed by atoms with van der Waals surface area (Å²) in [4.78, 5) is 27.9. The van der Waals surface area contributed by atoms with E-state index in [2.05, 4.69) is 29.0 Å². The van der Waals surface area contributed by atoms with Gasteiger partial charge in [0.05, 0.1) is 22.2 Å². The Morgan fingerprint density at radius 3 is 3.00 bits per heavy atom. The number of thiazole rings is 1. The van der Waals surface area contributed by atoms with E-state index in [1.807, 2.05) is 17.9 Å². The fourth-order valence-corrected chi connectivity index (χ4v) is 4.19. The average molecular weight is 340 g/mol. The lowest BCUT2D eigenvalue weighted by Crippen LogP contribution is -2.39. The first kappa shape index (κ1) is 15.3. The Balaban J connectivity index is 1.59. The third-order valence-electron chi connectivity index (χ3n) is 4.77. The van der Waals surface area contributed by atoms with Crippen LogP contribution in [0, 0.1) is 13.8 Å². The second-order valence-corrected chi connectivity index (χ2v) is 7.31. The van der Waals surface area contributed by atoms with Crippen molar-refractivity contribution < 1.29 is 4.79 Å². The van der Waals surface area contributed by atoms with Gasteiger partial charge in [-0.05, 0) is 38.3 Å². The Hall–Kier alpha value is -2.21. The molecule has 3 aromatic rings. The van der Waals surface area contributed by atoms with Gasteiger partial charge in [0.25, 0.3) is 5.91 Å². The molecule has 0 aliphatic carbocycles. The second kappa shape index (κ2) is 6.02. The molecule has 0 radical (unpaired) electrons. The van der Waals surface area contributed by atoms with Gasteiger partial charge in [-0.15, -0.1) is 11.3 Å². The first-order valence-electron chi connectivity index (χ1n) is 8.28. The molecule has 4 rings (SSSR count). The van der Waals surface area contributed by atoms with Crippen molar-refractivity contribution in [3.05, 3.63) is 45.7 Å². The summed E-state index contributed by atoms with van der Waals surface area (Å²) in [5.41, 5.74) is 5.86. The van der Waals surface area contributed by atoms with E-state index in [0.29, 0.717) is 0 Å². The van der Waals surface area contributed by atoms with Gasteiger partial charge in [0, 0.05) is 19.0 Å². The molecular formula is C18H20N4OS. The van der Waals surface area contributed by atoms with Crippen LogP contribution >= 0.6 is 11.3 Å². The fourth-order valence-electron chi connectivity index (χ4n) is 3.42. The van der Waals surface area contributed by atoms with Crippen molar-refractivity contribution in [1.29, 1.82) is 0 Å². The molecule has 1 fully saturated rings. The topological polar surface area (TPSA) is 61.9 Å². The van der Waals surface area contributed by atoms with E-state index in [4.69, 9.17) is 4.98 Å². The predicted octanol–water partition coefficient (Wildman–Crippen LogP) is 3.66. The van der Waals surface area contributed by atoms with Crippen LogP contribution in [0.15, 0.2) is 23.7 Å². The smallest absolute Gasteiger partial charge is 0.265 e. The van der Waals surface area contributed by atoms with Crippen LogP contribution in [0.4, 0.5) is 0 Å². The second-order valence-electron chi connectivity index (χ2n) is 6.45. The molecule has 0 unspecified atom stereocenters. The van der Waals surface area contributed by atoms with Crippen LogP contribution < -0.4 is 0 Å². The zero-order valence-corrected chi connectivity index (χ0v) is 14.7. The van der Waals surface area contributed by atoms with Crippen LogP contribution in [0.25, 0.3) is 11.0 Å². The van der Waals surface area contributed by atoms with Crippen molar-refractivity contribution in [2.75, 3.05) is 13.1 Å².